The molecule has 1 atom stereocenters. The third-order valence-corrected chi connectivity index (χ3v) is 6.62. The quantitative estimate of drug-likeness (QED) is 0.490. The number of hydrogen-bond donors (Lipinski definition) is 4. The average molecular weight is 451 g/mol. The van der Waals surface area contributed by atoms with Gasteiger partial charge in [-0.3, -0.25) is 14.4 Å². The van der Waals surface area contributed by atoms with E-state index >= 15 is 0 Å². The number of benzene rings is 1. The van der Waals surface area contributed by atoms with Crippen molar-refractivity contribution >= 4 is 35.2 Å². The van der Waals surface area contributed by atoms with Crippen LogP contribution < -0.4 is 31.5 Å². The van der Waals surface area contributed by atoms with Crippen LogP contribution in [0.4, 0.5) is 17.5 Å². The average Bonchev–Trinajstić information content (AvgIpc) is 3.37. The number of rotatable bonds is 5. The fourth-order valence-electron chi connectivity index (χ4n) is 4.80. The molecule has 33 heavy (non-hydrogen) atoms. The second-order valence-corrected chi connectivity index (χ2v) is 8.53. The van der Waals surface area contributed by atoms with E-state index in [0.29, 0.717) is 57.3 Å². The predicted octanol–water partition coefficient (Wildman–Crippen LogP) is -0.191. The first kappa shape index (κ1) is 21.0. The largest absolute Gasteiger partial charge is 0.364 e. The van der Waals surface area contributed by atoms with Gasteiger partial charge in [0.2, 0.25) is 17.8 Å². The van der Waals surface area contributed by atoms with E-state index in [-0.39, 0.29) is 17.5 Å². The SMILES string of the molecule is NC(=O)c1cc(N[C@H]2CCNC2=O)nc(N2CCC3(CC2)C(=O)NCN3c2ccccc2)n1. The molecule has 11 nitrogen and oxygen atoms in total. The van der Waals surface area contributed by atoms with Gasteiger partial charge >= 0.3 is 0 Å². The van der Waals surface area contributed by atoms with Crippen molar-refractivity contribution in [1.82, 2.24) is 20.6 Å². The maximum atomic E-state index is 12.9. The summed E-state index contributed by atoms with van der Waals surface area (Å²) in [6.07, 6.45) is 1.78. The molecule has 0 aliphatic carbocycles. The van der Waals surface area contributed by atoms with E-state index in [1.165, 1.54) is 6.07 Å². The standard InChI is InChI=1S/C22H26N8O3/c23-18(31)16-12-17(26-15-6-9-24-19(15)32)28-21(27-16)29-10-7-22(8-11-29)20(33)25-13-30(22)14-4-2-1-3-5-14/h1-5,12,15H,6-11,13H2,(H2,23,31)(H,24,32)(H,25,33)(H,26,27,28)/t15-/m0/s1. The molecule has 1 spiro atoms. The maximum absolute atomic E-state index is 12.9. The van der Waals surface area contributed by atoms with E-state index in [1.54, 1.807) is 0 Å². The van der Waals surface area contributed by atoms with Gasteiger partial charge in [0.05, 0.1) is 6.67 Å². The normalized spacial score (nSPS) is 21.8. The van der Waals surface area contributed by atoms with E-state index in [9.17, 15) is 14.4 Å². The first-order chi connectivity index (χ1) is 16.0. The van der Waals surface area contributed by atoms with Crippen LogP contribution in [0.15, 0.2) is 36.4 Å². The van der Waals surface area contributed by atoms with E-state index < -0.39 is 17.5 Å². The number of anilines is 3. The van der Waals surface area contributed by atoms with Crippen molar-refractivity contribution in [3.8, 4) is 0 Å². The van der Waals surface area contributed by atoms with Crippen LogP contribution in [0.3, 0.4) is 0 Å². The number of primary amides is 1. The lowest BCUT2D eigenvalue weighted by Gasteiger charge is -2.43. The van der Waals surface area contributed by atoms with Crippen molar-refractivity contribution in [1.29, 1.82) is 0 Å². The number of carbonyl (C=O) groups excluding carboxylic acids is 3. The molecule has 1 aromatic carbocycles. The smallest absolute Gasteiger partial charge is 0.267 e. The molecule has 1 aromatic heterocycles. The Morgan fingerprint density at radius 1 is 1.12 bits per heavy atom. The lowest BCUT2D eigenvalue weighted by Crippen LogP contribution is -2.56. The molecule has 3 aliphatic heterocycles. The molecular weight excluding hydrogens is 424 g/mol. The molecule has 11 heteroatoms. The Hall–Kier alpha value is -3.89. The number of nitrogens with zero attached hydrogens (tertiary/aromatic N) is 4. The predicted molar refractivity (Wildman–Crippen MR) is 122 cm³/mol. The van der Waals surface area contributed by atoms with Gasteiger partial charge in [0.1, 0.15) is 23.1 Å². The Morgan fingerprint density at radius 2 is 1.88 bits per heavy atom. The molecular formula is C22H26N8O3. The highest BCUT2D eigenvalue weighted by Crippen LogP contribution is 2.37. The molecule has 0 bridgehead atoms. The van der Waals surface area contributed by atoms with Crippen LogP contribution in [0.25, 0.3) is 0 Å². The van der Waals surface area contributed by atoms with Gasteiger partial charge in [0.15, 0.2) is 0 Å². The minimum atomic E-state index is -0.670. The van der Waals surface area contributed by atoms with Crippen molar-refractivity contribution in [2.45, 2.75) is 30.8 Å². The second-order valence-electron chi connectivity index (χ2n) is 8.53. The Balaban J connectivity index is 1.37. The summed E-state index contributed by atoms with van der Waals surface area (Å²) in [5, 5.41) is 8.83. The van der Waals surface area contributed by atoms with Crippen molar-refractivity contribution in [3.63, 3.8) is 0 Å². The Kier molecular flexibility index (Phi) is 5.23. The zero-order valence-corrected chi connectivity index (χ0v) is 18.1. The van der Waals surface area contributed by atoms with Crippen LogP contribution >= 0.6 is 0 Å². The summed E-state index contributed by atoms with van der Waals surface area (Å²) in [5.74, 6) is -0.0276. The highest BCUT2D eigenvalue weighted by Gasteiger charge is 2.50. The summed E-state index contributed by atoms with van der Waals surface area (Å²) in [6.45, 7) is 2.12. The second kappa shape index (κ2) is 8.23. The minimum Gasteiger partial charge on any atom is -0.364 e. The Morgan fingerprint density at radius 3 is 2.55 bits per heavy atom. The van der Waals surface area contributed by atoms with E-state index in [1.807, 2.05) is 35.2 Å². The fraction of sp³-hybridized carbons (Fsp3) is 0.409. The maximum Gasteiger partial charge on any atom is 0.267 e. The van der Waals surface area contributed by atoms with Crippen LogP contribution in [0.2, 0.25) is 0 Å². The lowest BCUT2D eigenvalue weighted by atomic mass is 9.85. The van der Waals surface area contributed by atoms with Gasteiger partial charge in [-0.25, -0.2) is 4.98 Å². The van der Waals surface area contributed by atoms with Gasteiger partial charge in [0.25, 0.3) is 5.91 Å². The summed E-state index contributed by atoms with van der Waals surface area (Å²) < 4.78 is 0. The van der Waals surface area contributed by atoms with Crippen molar-refractivity contribution in [2.24, 2.45) is 5.73 Å². The molecule has 2 aromatic rings. The highest BCUT2D eigenvalue weighted by atomic mass is 16.2. The molecule has 3 amide bonds. The third-order valence-electron chi connectivity index (χ3n) is 6.62. The number of nitrogens with one attached hydrogen (secondary N) is 3. The van der Waals surface area contributed by atoms with Crippen LogP contribution in [0.5, 0.6) is 0 Å². The highest BCUT2D eigenvalue weighted by molar-refractivity contribution is 5.94. The van der Waals surface area contributed by atoms with Crippen molar-refractivity contribution in [2.75, 3.05) is 41.4 Å². The zero-order chi connectivity index (χ0) is 23.0. The van der Waals surface area contributed by atoms with Crippen molar-refractivity contribution < 1.29 is 14.4 Å². The minimum absolute atomic E-state index is 0.0207. The zero-order valence-electron chi connectivity index (χ0n) is 18.1. The number of aromatic nitrogens is 2. The van der Waals surface area contributed by atoms with Gasteiger partial charge in [-0.05, 0) is 31.4 Å². The summed E-state index contributed by atoms with van der Waals surface area (Å²) in [7, 11) is 0. The number of para-hydroxylation sites is 1. The molecule has 3 fully saturated rings. The Bertz CT molecular complexity index is 1080. The van der Waals surface area contributed by atoms with E-state index in [0.717, 1.165) is 5.69 Å². The Labute approximate surface area is 190 Å². The molecule has 4 heterocycles. The summed E-state index contributed by atoms with van der Waals surface area (Å²) in [5.41, 5.74) is 5.93. The van der Waals surface area contributed by atoms with Gasteiger partial charge in [-0.1, -0.05) is 18.2 Å². The molecule has 0 radical (unpaired) electrons. The first-order valence-corrected chi connectivity index (χ1v) is 11.1. The molecule has 172 valence electrons. The molecule has 5 N–H and O–H groups in total. The molecule has 3 aliphatic rings. The topological polar surface area (TPSA) is 146 Å². The van der Waals surface area contributed by atoms with Crippen LogP contribution in [-0.4, -0.2) is 65.6 Å². The third kappa shape index (κ3) is 3.79. The van der Waals surface area contributed by atoms with Crippen LogP contribution in [0, 0.1) is 0 Å². The lowest BCUT2D eigenvalue weighted by molar-refractivity contribution is -0.124. The summed E-state index contributed by atoms with van der Waals surface area (Å²) in [4.78, 5) is 49.7. The van der Waals surface area contributed by atoms with E-state index in [2.05, 4.69) is 30.8 Å². The first-order valence-electron chi connectivity index (χ1n) is 11.1. The fourth-order valence-corrected chi connectivity index (χ4v) is 4.80. The van der Waals surface area contributed by atoms with Gasteiger partial charge < -0.3 is 31.5 Å². The van der Waals surface area contributed by atoms with Gasteiger partial charge in [-0.15, -0.1) is 0 Å². The molecule has 5 rings (SSSR count). The number of nitrogens with two attached hydrogens (primary N) is 1. The molecule has 0 saturated carbocycles. The monoisotopic (exact) mass is 450 g/mol. The number of carbonyl (C=O) groups is 3. The number of piperidine rings is 1. The van der Waals surface area contributed by atoms with E-state index in [4.69, 9.17) is 5.73 Å². The summed E-state index contributed by atoms with van der Waals surface area (Å²) >= 11 is 0. The summed E-state index contributed by atoms with van der Waals surface area (Å²) in [6, 6.07) is 10.9. The molecule has 0 unspecified atom stereocenters. The van der Waals surface area contributed by atoms with Crippen LogP contribution in [0.1, 0.15) is 29.8 Å². The van der Waals surface area contributed by atoms with Crippen LogP contribution in [-0.2, 0) is 9.59 Å². The molecule has 3 saturated heterocycles. The number of amides is 3. The van der Waals surface area contributed by atoms with Crippen molar-refractivity contribution in [3.05, 3.63) is 42.1 Å². The number of hydrogen-bond acceptors (Lipinski definition) is 8. The van der Waals surface area contributed by atoms with Gasteiger partial charge in [-0.2, -0.15) is 4.98 Å². The van der Waals surface area contributed by atoms with Gasteiger partial charge in [0, 0.05) is 31.4 Å².